The number of aliphatic hydroxyl groups excluding tert-OH is 1. The molecule has 0 bridgehead atoms. The molecule has 0 aliphatic rings. The van der Waals surface area contributed by atoms with E-state index in [4.69, 9.17) is 4.74 Å². The van der Waals surface area contributed by atoms with E-state index >= 15 is 0 Å². The molecule has 2 rings (SSSR count). The third-order valence-electron chi connectivity index (χ3n) is 2.85. The van der Waals surface area contributed by atoms with E-state index in [0.29, 0.717) is 16.9 Å². The molecule has 20 heavy (non-hydrogen) atoms. The van der Waals surface area contributed by atoms with Crippen molar-refractivity contribution in [2.24, 2.45) is 0 Å². The highest BCUT2D eigenvalue weighted by Gasteiger charge is 2.19. The Morgan fingerprint density at radius 1 is 1.05 bits per heavy atom. The maximum Gasteiger partial charge on any atom is 0.195 e. The van der Waals surface area contributed by atoms with Crippen molar-refractivity contribution in [3.05, 3.63) is 65.7 Å². The summed E-state index contributed by atoms with van der Waals surface area (Å²) in [6.07, 6.45) is -1.11. The quantitative estimate of drug-likeness (QED) is 0.847. The van der Waals surface area contributed by atoms with Crippen LogP contribution in [0.25, 0.3) is 0 Å². The zero-order chi connectivity index (χ0) is 14.5. The van der Waals surface area contributed by atoms with E-state index in [-0.39, 0.29) is 11.9 Å². The fraction of sp³-hybridized carbons (Fsp3) is 0.235. The van der Waals surface area contributed by atoms with Crippen LogP contribution in [0.2, 0.25) is 0 Å². The van der Waals surface area contributed by atoms with Gasteiger partial charge in [0, 0.05) is 5.56 Å². The van der Waals surface area contributed by atoms with Crippen molar-refractivity contribution in [2.45, 2.75) is 26.1 Å². The Hall–Kier alpha value is -2.13. The van der Waals surface area contributed by atoms with Gasteiger partial charge >= 0.3 is 0 Å². The Kier molecular flexibility index (Phi) is 4.53. The minimum atomic E-state index is -1.15. The molecule has 2 aromatic carbocycles. The standard InChI is InChI=1S/C17H18O3/c1-12(2)20-15-10-6-9-14(11-15)17(19)16(18)13-7-4-3-5-8-13/h3-12,16,18H,1-2H3. The van der Waals surface area contributed by atoms with Crippen LogP contribution in [0.5, 0.6) is 5.75 Å². The molecule has 0 radical (unpaired) electrons. The van der Waals surface area contributed by atoms with E-state index in [2.05, 4.69) is 0 Å². The Morgan fingerprint density at radius 3 is 2.40 bits per heavy atom. The topological polar surface area (TPSA) is 46.5 Å². The summed E-state index contributed by atoms with van der Waals surface area (Å²) < 4.78 is 5.56. The van der Waals surface area contributed by atoms with Crippen molar-refractivity contribution < 1.29 is 14.6 Å². The van der Waals surface area contributed by atoms with Crippen LogP contribution >= 0.6 is 0 Å². The summed E-state index contributed by atoms with van der Waals surface area (Å²) >= 11 is 0. The van der Waals surface area contributed by atoms with Crippen molar-refractivity contribution in [3.63, 3.8) is 0 Å². The Bertz CT molecular complexity index is 576. The van der Waals surface area contributed by atoms with E-state index in [0.717, 1.165) is 0 Å². The summed E-state index contributed by atoms with van der Waals surface area (Å²) in [5, 5.41) is 10.1. The van der Waals surface area contributed by atoms with Gasteiger partial charge in [0.2, 0.25) is 0 Å². The normalized spacial score (nSPS) is 12.2. The lowest BCUT2D eigenvalue weighted by molar-refractivity contribution is 0.0747. The lowest BCUT2D eigenvalue weighted by Gasteiger charge is -2.13. The summed E-state index contributed by atoms with van der Waals surface area (Å²) in [6.45, 7) is 3.85. The second-order valence-electron chi connectivity index (χ2n) is 4.87. The first-order valence-corrected chi connectivity index (χ1v) is 6.62. The van der Waals surface area contributed by atoms with Gasteiger partial charge in [0.1, 0.15) is 11.9 Å². The highest BCUT2D eigenvalue weighted by Crippen LogP contribution is 2.21. The summed E-state index contributed by atoms with van der Waals surface area (Å²) in [5.41, 5.74) is 1.03. The number of aliphatic hydroxyl groups is 1. The number of ketones is 1. The number of carbonyl (C=O) groups is 1. The maximum absolute atomic E-state index is 12.3. The third-order valence-corrected chi connectivity index (χ3v) is 2.85. The smallest absolute Gasteiger partial charge is 0.195 e. The van der Waals surface area contributed by atoms with Gasteiger partial charge in [0.25, 0.3) is 0 Å². The van der Waals surface area contributed by atoms with Crippen molar-refractivity contribution in [2.75, 3.05) is 0 Å². The molecule has 1 unspecified atom stereocenters. The van der Waals surface area contributed by atoms with Gasteiger partial charge in [-0.2, -0.15) is 0 Å². The van der Waals surface area contributed by atoms with Crippen LogP contribution in [0, 0.1) is 0 Å². The van der Waals surface area contributed by atoms with Crippen LogP contribution in [0.3, 0.4) is 0 Å². The van der Waals surface area contributed by atoms with E-state index in [1.165, 1.54) is 0 Å². The minimum Gasteiger partial charge on any atom is -0.491 e. The lowest BCUT2D eigenvalue weighted by atomic mass is 10.00. The van der Waals surface area contributed by atoms with Gasteiger partial charge in [-0.15, -0.1) is 0 Å². The molecule has 1 atom stereocenters. The molecule has 0 amide bonds. The zero-order valence-corrected chi connectivity index (χ0v) is 11.6. The van der Waals surface area contributed by atoms with E-state index in [9.17, 15) is 9.90 Å². The second kappa shape index (κ2) is 6.35. The molecule has 0 fully saturated rings. The summed E-state index contributed by atoms with van der Waals surface area (Å²) in [5.74, 6) is 0.302. The van der Waals surface area contributed by atoms with E-state index < -0.39 is 6.10 Å². The SMILES string of the molecule is CC(C)Oc1cccc(C(=O)C(O)c2ccccc2)c1. The van der Waals surface area contributed by atoms with Gasteiger partial charge in [-0.3, -0.25) is 4.79 Å². The molecule has 0 heterocycles. The molecule has 0 aliphatic carbocycles. The first kappa shape index (κ1) is 14.3. The average molecular weight is 270 g/mol. The number of ether oxygens (including phenoxy) is 1. The molecule has 0 saturated carbocycles. The summed E-state index contributed by atoms with van der Waals surface area (Å²) in [4.78, 5) is 12.3. The predicted molar refractivity (Wildman–Crippen MR) is 77.9 cm³/mol. The molecule has 3 nitrogen and oxygen atoms in total. The highest BCUT2D eigenvalue weighted by atomic mass is 16.5. The number of hydrogen-bond acceptors (Lipinski definition) is 3. The third kappa shape index (κ3) is 3.45. The first-order chi connectivity index (χ1) is 9.58. The number of rotatable bonds is 5. The Labute approximate surface area is 118 Å². The Balaban J connectivity index is 2.21. The van der Waals surface area contributed by atoms with Crippen molar-refractivity contribution in [3.8, 4) is 5.75 Å². The van der Waals surface area contributed by atoms with E-state index in [1.54, 1.807) is 48.5 Å². The summed E-state index contributed by atoms with van der Waals surface area (Å²) in [7, 11) is 0. The number of Topliss-reactive ketones (excluding diaryl/α,β-unsaturated/α-hetero) is 1. The maximum atomic E-state index is 12.3. The molecule has 0 aromatic heterocycles. The van der Waals surface area contributed by atoms with Crippen molar-refractivity contribution in [1.82, 2.24) is 0 Å². The largest absolute Gasteiger partial charge is 0.491 e. The molecule has 104 valence electrons. The number of benzene rings is 2. The fourth-order valence-electron chi connectivity index (χ4n) is 1.94. The average Bonchev–Trinajstić information content (AvgIpc) is 2.46. The lowest BCUT2D eigenvalue weighted by Crippen LogP contribution is -2.13. The van der Waals surface area contributed by atoms with E-state index in [1.807, 2.05) is 19.9 Å². The van der Waals surface area contributed by atoms with Crippen LogP contribution in [0.4, 0.5) is 0 Å². The van der Waals surface area contributed by atoms with Gasteiger partial charge in [-0.1, -0.05) is 42.5 Å². The van der Waals surface area contributed by atoms with Gasteiger partial charge in [0.05, 0.1) is 6.10 Å². The highest BCUT2D eigenvalue weighted by molar-refractivity contribution is 6.00. The van der Waals surface area contributed by atoms with Crippen LogP contribution in [-0.4, -0.2) is 17.0 Å². The monoisotopic (exact) mass is 270 g/mol. The molecule has 0 saturated heterocycles. The molecular formula is C17H18O3. The summed E-state index contributed by atoms with van der Waals surface area (Å²) in [6, 6.07) is 15.8. The van der Waals surface area contributed by atoms with Gasteiger partial charge in [0.15, 0.2) is 5.78 Å². The molecule has 3 heteroatoms. The first-order valence-electron chi connectivity index (χ1n) is 6.62. The van der Waals surface area contributed by atoms with Crippen molar-refractivity contribution in [1.29, 1.82) is 0 Å². The van der Waals surface area contributed by atoms with Crippen LogP contribution in [0.15, 0.2) is 54.6 Å². The molecule has 2 aromatic rings. The van der Waals surface area contributed by atoms with Gasteiger partial charge in [-0.25, -0.2) is 0 Å². The van der Waals surface area contributed by atoms with Crippen LogP contribution < -0.4 is 4.74 Å². The van der Waals surface area contributed by atoms with Gasteiger partial charge in [-0.05, 0) is 31.5 Å². The van der Waals surface area contributed by atoms with Gasteiger partial charge < -0.3 is 9.84 Å². The number of carbonyl (C=O) groups excluding carboxylic acids is 1. The van der Waals surface area contributed by atoms with Crippen molar-refractivity contribution >= 4 is 5.78 Å². The molecule has 1 N–H and O–H groups in total. The van der Waals surface area contributed by atoms with Crippen LogP contribution in [-0.2, 0) is 0 Å². The Morgan fingerprint density at radius 2 is 1.75 bits per heavy atom. The fourth-order valence-corrected chi connectivity index (χ4v) is 1.94. The number of hydrogen-bond donors (Lipinski definition) is 1. The van der Waals surface area contributed by atoms with Crippen LogP contribution in [0.1, 0.15) is 35.9 Å². The molecule has 0 spiro atoms. The molecular weight excluding hydrogens is 252 g/mol. The molecule has 0 aliphatic heterocycles. The predicted octanol–water partition coefficient (Wildman–Crippen LogP) is 3.39. The zero-order valence-electron chi connectivity index (χ0n) is 11.6. The minimum absolute atomic E-state index is 0.0411. The second-order valence-corrected chi connectivity index (χ2v) is 4.87.